The van der Waals surface area contributed by atoms with Crippen molar-refractivity contribution < 1.29 is 18.9 Å². The summed E-state index contributed by atoms with van der Waals surface area (Å²) in [5.74, 6) is 0.831. The lowest BCUT2D eigenvalue weighted by Gasteiger charge is -2.12. The summed E-state index contributed by atoms with van der Waals surface area (Å²) in [6, 6.07) is 7.70. The molecule has 94 valence electrons. The van der Waals surface area contributed by atoms with Crippen LogP contribution in [0.3, 0.4) is 0 Å². The van der Waals surface area contributed by atoms with Crippen LogP contribution >= 0.6 is 0 Å². The Morgan fingerprint density at radius 2 is 2.06 bits per heavy atom. The van der Waals surface area contributed by atoms with Crippen LogP contribution in [0.15, 0.2) is 24.3 Å². The summed E-state index contributed by atoms with van der Waals surface area (Å²) in [6.07, 6.45) is -0.256. The fourth-order valence-electron chi connectivity index (χ4n) is 1.72. The number of hydrogen-bond acceptors (Lipinski definition) is 4. The molecule has 4 heteroatoms. The average Bonchev–Trinajstić information content (AvgIpc) is 2.85. The van der Waals surface area contributed by atoms with Gasteiger partial charge in [-0.15, -0.1) is 0 Å². The molecule has 1 saturated heterocycles. The Balaban J connectivity index is 1.90. The average molecular weight is 238 g/mol. The number of hydrogen-bond donors (Lipinski definition) is 0. The minimum absolute atomic E-state index is 0.0297. The van der Waals surface area contributed by atoms with Gasteiger partial charge in [-0.25, -0.2) is 0 Å². The van der Waals surface area contributed by atoms with Gasteiger partial charge in [0.1, 0.15) is 11.9 Å². The molecule has 0 bridgehead atoms. The molecule has 2 atom stereocenters. The molecule has 1 aromatic rings. The van der Waals surface area contributed by atoms with E-state index < -0.39 is 0 Å². The van der Waals surface area contributed by atoms with Crippen LogP contribution in [0.5, 0.6) is 5.75 Å². The summed E-state index contributed by atoms with van der Waals surface area (Å²) >= 11 is 0. The summed E-state index contributed by atoms with van der Waals surface area (Å²) in [4.78, 5) is 0. The van der Waals surface area contributed by atoms with E-state index in [4.69, 9.17) is 18.9 Å². The molecule has 0 aliphatic carbocycles. The zero-order valence-corrected chi connectivity index (χ0v) is 10.2. The van der Waals surface area contributed by atoms with E-state index in [1.165, 1.54) is 0 Å². The lowest BCUT2D eigenvalue weighted by atomic mass is 10.2. The van der Waals surface area contributed by atoms with Crippen LogP contribution in [0, 0.1) is 0 Å². The second kappa shape index (κ2) is 6.00. The van der Waals surface area contributed by atoms with Gasteiger partial charge in [0.2, 0.25) is 0 Å². The molecule has 4 nitrogen and oxygen atoms in total. The van der Waals surface area contributed by atoms with Crippen molar-refractivity contribution in [1.29, 1.82) is 0 Å². The Morgan fingerprint density at radius 1 is 1.29 bits per heavy atom. The smallest absolute Gasteiger partial charge is 0.184 e. The van der Waals surface area contributed by atoms with Crippen LogP contribution in [0.1, 0.15) is 18.8 Å². The monoisotopic (exact) mass is 238 g/mol. The molecule has 2 unspecified atom stereocenters. The number of rotatable bonds is 5. The van der Waals surface area contributed by atoms with Crippen LogP contribution in [0.4, 0.5) is 0 Å². The van der Waals surface area contributed by atoms with Gasteiger partial charge in [0.15, 0.2) is 6.29 Å². The van der Waals surface area contributed by atoms with Gasteiger partial charge in [-0.3, -0.25) is 0 Å². The van der Waals surface area contributed by atoms with Crippen LogP contribution < -0.4 is 4.74 Å². The molecular weight excluding hydrogens is 220 g/mol. The zero-order valence-electron chi connectivity index (χ0n) is 10.2. The van der Waals surface area contributed by atoms with Gasteiger partial charge < -0.3 is 18.9 Å². The second-order valence-electron chi connectivity index (χ2n) is 3.86. The van der Waals surface area contributed by atoms with Crippen LogP contribution in [0.2, 0.25) is 0 Å². The van der Waals surface area contributed by atoms with E-state index in [1.54, 1.807) is 7.11 Å². The van der Waals surface area contributed by atoms with Crippen LogP contribution in [-0.2, 0) is 14.2 Å². The maximum absolute atomic E-state index is 5.74. The molecule has 2 rings (SSSR count). The Hall–Kier alpha value is -1.10. The summed E-state index contributed by atoms with van der Waals surface area (Å²) < 4.78 is 21.7. The fraction of sp³-hybridized carbons (Fsp3) is 0.538. The first-order valence-corrected chi connectivity index (χ1v) is 5.82. The Morgan fingerprint density at radius 3 is 2.71 bits per heavy atom. The van der Waals surface area contributed by atoms with Gasteiger partial charge in [0.25, 0.3) is 0 Å². The molecule has 0 saturated carbocycles. The minimum Gasteiger partial charge on any atom is -0.497 e. The first kappa shape index (κ1) is 12.4. The normalized spacial score (nSPS) is 23.9. The van der Waals surface area contributed by atoms with E-state index in [9.17, 15) is 0 Å². The first-order valence-electron chi connectivity index (χ1n) is 5.82. The van der Waals surface area contributed by atoms with Crippen molar-refractivity contribution in [3.8, 4) is 5.75 Å². The van der Waals surface area contributed by atoms with Crippen LogP contribution in [-0.4, -0.2) is 33.0 Å². The van der Waals surface area contributed by atoms with Gasteiger partial charge in [-0.1, -0.05) is 12.1 Å². The molecule has 0 amide bonds. The highest BCUT2D eigenvalue weighted by Crippen LogP contribution is 2.28. The number of benzene rings is 1. The maximum atomic E-state index is 5.74. The first-order chi connectivity index (χ1) is 8.33. The zero-order chi connectivity index (χ0) is 12.1. The molecule has 1 aliphatic rings. The van der Waals surface area contributed by atoms with Gasteiger partial charge in [-0.05, 0) is 19.1 Å². The quantitative estimate of drug-likeness (QED) is 0.787. The Labute approximate surface area is 101 Å². The van der Waals surface area contributed by atoms with E-state index in [0.717, 1.165) is 11.3 Å². The van der Waals surface area contributed by atoms with Crippen LogP contribution in [0.25, 0.3) is 0 Å². The largest absolute Gasteiger partial charge is 0.497 e. The van der Waals surface area contributed by atoms with E-state index >= 15 is 0 Å². The van der Waals surface area contributed by atoms with Crippen molar-refractivity contribution in [2.45, 2.75) is 19.3 Å². The van der Waals surface area contributed by atoms with Crippen molar-refractivity contribution in [2.24, 2.45) is 0 Å². The summed E-state index contributed by atoms with van der Waals surface area (Å²) in [5, 5.41) is 0. The topological polar surface area (TPSA) is 36.9 Å². The van der Waals surface area contributed by atoms with Gasteiger partial charge in [-0.2, -0.15) is 0 Å². The van der Waals surface area contributed by atoms with E-state index in [2.05, 4.69) is 0 Å². The third kappa shape index (κ3) is 3.19. The predicted molar refractivity (Wildman–Crippen MR) is 63.1 cm³/mol. The van der Waals surface area contributed by atoms with Crippen molar-refractivity contribution in [2.75, 3.05) is 26.9 Å². The molecule has 17 heavy (non-hydrogen) atoms. The highest BCUT2D eigenvalue weighted by molar-refractivity contribution is 5.28. The van der Waals surface area contributed by atoms with Crippen molar-refractivity contribution in [3.05, 3.63) is 29.8 Å². The van der Waals surface area contributed by atoms with Gasteiger partial charge in [0, 0.05) is 12.2 Å². The van der Waals surface area contributed by atoms with Gasteiger partial charge in [0.05, 0.1) is 20.3 Å². The number of ether oxygens (including phenoxy) is 4. The molecule has 0 aromatic heterocycles. The fourth-order valence-corrected chi connectivity index (χ4v) is 1.72. The Kier molecular flexibility index (Phi) is 4.36. The lowest BCUT2D eigenvalue weighted by molar-refractivity contribution is -0.0731. The minimum atomic E-state index is -0.286. The molecular formula is C13H18O4. The SMILES string of the molecule is CCOCC1COC(c2ccc(OC)cc2)O1. The third-order valence-electron chi connectivity index (χ3n) is 2.65. The van der Waals surface area contributed by atoms with Gasteiger partial charge >= 0.3 is 0 Å². The van der Waals surface area contributed by atoms with Crippen molar-refractivity contribution in [1.82, 2.24) is 0 Å². The number of methoxy groups -OCH3 is 1. The summed E-state index contributed by atoms with van der Waals surface area (Å²) in [5.41, 5.74) is 1.00. The molecule has 0 radical (unpaired) electrons. The third-order valence-corrected chi connectivity index (χ3v) is 2.65. The van der Waals surface area contributed by atoms with Crippen molar-refractivity contribution in [3.63, 3.8) is 0 Å². The highest BCUT2D eigenvalue weighted by atomic mass is 16.7. The molecule has 1 aliphatic heterocycles. The predicted octanol–water partition coefficient (Wildman–Crippen LogP) is 2.15. The van der Waals surface area contributed by atoms with E-state index in [-0.39, 0.29) is 12.4 Å². The summed E-state index contributed by atoms with van der Waals surface area (Å²) in [7, 11) is 1.65. The van der Waals surface area contributed by atoms with Crippen molar-refractivity contribution >= 4 is 0 Å². The molecule has 0 N–H and O–H groups in total. The molecule has 1 aromatic carbocycles. The summed E-state index contributed by atoms with van der Waals surface area (Å²) in [6.45, 7) is 3.84. The van der Waals surface area contributed by atoms with E-state index in [0.29, 0.717) is 19.8 Å². The van der Waals surface area contributed by atoms with E-state index in [1.807, 2.05) is 31.2 Å². The highest BCUT2D eigenvalue weighted by Gasteiger charge is 2.27. The maximum Gasteiger partial charge on any atom is 0.184 e. The standard InChI is InChI=1S/C13H18O4/c1-3-15-8-12-9-16-13(17-12)10-4-6-11(14-2)7-5-10/h4-7,12-13H,3,8-9H2,1-2H3. The molecule has 0 spiro atoms. The lowest BCUT2D eigenvalue weighted by Crippen LogP contribution is -2.17. The Bertz CT molecular complexity index is 336. The second-order valence-corrected chi connectivity index (χ2v) is 3.86. The molecule has 1 fully saturated rings. The molecule has 1 heterocycles.